The van der Waals surface area contributed by atoms with Crippen LogP contribution in [0.2, 0.25) is 0 Å². The van der Waals surface area contributed by atoms with Crippen LogP contribution < -0.4 is 9.80 Å². The molecule has 2 heteroatoms. The Morgan fingerprint density at radius 1 is 0.377 bits per heavy atom. The summed E-state index contributed by atoms with van der Waals surface area (Å²) in [6.45, 7) is 4.20. The molecule has 0 aromatic heterocycles. The maximum atomic E-state index is 4.20. The summed E-state index contributed by atoms with van der Waals surface area (Å²) in [5.74, 6) is 0. The lowest BCUT2D eigenvalue weighted by Gasteiger charge is -2.30. The van der Waals surface area contributed by atoms with Crippen molar-refractivity contribution in [1.82, 2.24) is 0 Å². The second kappa shape index (κ2) is 16.7. The van der Waals surface area contributed by atoms with E-state index in [9.17, 15) is 0 Å². The van der Waals surface area contributed by atoms with Gasteiger partial charge in [0.05, 0.1) is 11.4 Å². The maximum absolute atomic E-state index is 4.20. The predicted molar refractivity (Wildman–Crippen MR) is 262 cm³/mol. The molecule has 61 heavy (non-hydrogen) atoms. The van der Waals surface area contributed by atoms with E-state index in [1.165, 1.54) is 60.1 Å². The van der Waals surface area contributed by atoms with E-state index in [0.29, 0.717) is 6.42 Å². The Hall–Kier alpha value is -7.94. The fourth-order valence-corrected chi connectivity index (χ4v) is 8.69. The summed E-state index contributed by atoms with van der Waals surface area (Å²) < 4.78 is 0. The van der Waals surface area contributed by atoms with Crippen molar-refractivity contribution in [3.8, 4) is 22.3 Å². The second-order valence-corrected chi connectivity index (χ2v) is 15.4. The van der Waals surface area contributed by atoms with Crippen LogP contribution in [0.25, 0.3) is 54.6 Å². The molecule has 0 bridgehead atoms. The number of benzene rings is 10. The molecular formula is C59H44N2. The highest BCUT2D eigenvalue weighted by atomic mass is 15.2. The van der Waals surface area contributed by atoms with E-state index in [-0.39, 0.29) is 0 Å². The molecule has 0 heterocycles. The van der Waals surface area contributed by atoms with E-state index >= 15 is 0 Å². The summed E-state index contributed by atoms with van der Waals surface area (Å²) in [6, 6.07) is 83.2. The van der Waals surface area contributed by atoms with Crippen molar-refractivity contribution in [1.29, 1.82) is 0 Å². The van der Waals surface area contributed by atoms with Gasteiger partial charge < -0.3 is 9.80 Å². The zero-order valence-electron chi connectivity index (χ0n) is 33.9. The summed E-state index contributed by atoms with van der Waals surface area (Å²) in [7, 11) is 0. The highest BCUT2D eigenvalue weighted by molar-refractivity contribution is 6.01. The Morgan fingerprint density at radius 2 is 0.869 bits per heavy atom. The van der Waals surface area contributed by atoms with Crippen LogP contribution >= 0.6 is 0 Å². The largest absolute Gasteiger partial charge is 0.313 e. The first-order valence-corrected chi connectivity index (χ1v) is 20.9. The summed E-state index contributed by atoms with van der Waals surface area (Å²) in [6.07, 6.45) is 4.78. The Morgan fingerprint density at radius 3 is 1.54 bits per heavy atom. The fraction of sp³-hybridized carbons (Fsp3) is 0.0169. The molecule has 0 amide bonds. The smallest absolute Gasteiger partial charge is 0.0540 e. The molecule has 0 N–H and O–H groups in total. The number of fused-ring (bicyclic) bond motifs is 3. The van der Waals surface area contributed by atoms with E-state index in [1.807, 2.05) is 6.08 Å². The van der Waals surface area contributed by atoms with Gasteiger partial charge in [-0.25, -0.2) is 0 Å². The number of hydrogen-bond acceptors (Lipinski definition) is 2. The summed E-state index contributed by atoms with van der Waals surface area (Å²) in [5.41, 5.74) is 12.7. The Balaban J connectivity index is 1.05. The molecule has 10 rings (SSSR count). The van der Waals surface area contributed by atoms with Crippen molar-refractivity contribution in [2.45, 2.75) is 6.42 Å². The van der Waals surface area contributed by atoms with E-state index in [2.05, 4.69) is 253 Å². The van der Waals surface area contributed by atoms with Crippen LogP contribution in [0.1, 0.15) is 5.56 Å². The molecule has 0 aliphatic carbocycles. The van der Waals surface area contributed by atoms with Gasteiger partial charge in [0.15, 0.2) is 0 Å². The number of hydrogen-bond donors (Lipinski definition) is 0. The maximum Gasteiger partial charge on any atom is 0.0540 e. The van der Waals surface area contributed by atoms with Crippen LogP contribution in [-0.2, 0) is 6.42 Å². The van der Waals surface area contributed by atoms with E-state index in [0.717, 1.165) is 34.1 Å². The van der Waals surface area contributed by atoms with Crippen LogP contribution in [0.15, 0.2) is 255 Å². The molecule has 0 saturated carbocycles. The van der Waals surface area contributed by atoms with Gasteiger partial charge in [-0.3, -0.25) is 0 Å². The number of nitrogens with zero attached hydrogens (tertiary/aromatic N) is 2. The zero-order chi connectivity index (χ0) is 41.0. The van der Waals surface area contributed by atoms with Gasteiger partial charge in [-0.1, -0.05) is 195 Å². The molecular weight excluding hydrogens is 737 g/mol. The molecule has 2 nitrogen and oxygen atoms in total. The van der Waals surface area contributed by atoms with Gasteiger partial charge in [-0.2, -0.15) is 0 Å². The first-order valence-electron chi connectivity index (χ1n) is 20.9. The highest BCUT2D eigenvalue weighted by Crippen LogP contribution is 2.42. The van der Waals surface area contributed by atoms with Crippen LogP contribution in [0.4, 0.5) is 28.4 Å². The van der Waals surface area contributed by atoms with Crippen molar-refractivity contribution in [3.63, 3.8) is 0 Å². The Labute approximate surface area is 358 Å². The SMILES string of the molecule is C=C/C=C(\Cc1ccc2cc(N(c3cccc(-c4ccccc4)c3)c3cccc4ccccc34)ccc2c1)N(c1cccc(-c2ccccc2)c1)c1cccc2ccccc12. The van der Waals surface area contributed by atoms with Gasteiger partial charge in [0.1, 0.15) is 0 Å². The van der Waals surface area contributed by atoms with Crippen LogP contribution in [-0.4, -0.2) is 0 Å². The quantitative estimate of drug-likeness (QED) is 0.121. The zero-order valence-corrected chi connectivity index (χ0v) is 33.9. The monoisotopic (exact) mass is 780 g/mol. The number of anilines is 5. The van der Waals surface area contributed by atoms with Gasteiger partial charge in [0.2, 0.25) is 0 Å². The molecule has 10 aromatic rings. The van der Waals surface area contributed by atoms with E-state index in [1.54, 1.807) is 0 Å². The molecule has 0 unspecified atom stereocenters. The second-order valence-electron chi connectivity index (χ2n) is 15.4. The van der Waals surface area contributed by atoms with Gasteiger partial charge in [-0.15, -0.1) is 0 Å². The van der Waals surface area contributed by atoms with Crippen molar-refractivity contribution in [3.05, 3.63) is 261 Å². The van der Waals surface area contributed by atoms with Crippen molar-refractivity contribution >= 4 is 60.8 Å². The first kappa shape index (κ1) is 37.3. The average molecular weight is 781 g/mol. The molecule has 0 fully saturated rings. The van der Waals surface area contributed by atoms with Crippen LogP contribution in [0, 0.1) is 0 Å². The topological polar surface area (TPSA) is 6.48 Å². The van der Waals surface area contributed by atoms with Gasteiger partial charge >= 0.3 is 0 Å². The van der Waals surface area contributed by atoms with Crippen molar-refractivity contribution in [2.75, 3.05) is 9.80 Å². The van der Waals surface area contributed by atoms with Gasteiger partial charge in [0.25, 0.3) is 0 Å². The average Bonchev–Trinajstić information content (AvgIpc) is 3.33. The summed E-state index contributed by atoms with van der Waals surface area (Å²) >= 11 is 0. The lowest BCUT2D eigenvalue weighted by molar-refractivity contribution is 1.05. The third-order valence-corrected chi connectivity index (χ3v) is 11.6. The lowest BCUT2D eigenvalue weighted by atomic mass is 9.99. The molecule has 290 valence electrons. The predicted octanol–water partition coefficient (Wildman–Crippen LogP) is 16.4. The minimum atomic E-state index is 0.705. The Kier molecular flexibility index (Phi) is 10.2. The third-order valence-electron chi connectivity index (χ3n) is 11.6. The summed E-state index contributed by atoms with van der Waals surface area (Å²) in [4.78, 5) is 4.81. The molecule has 0 radical (unpaired) electrons. The number of allylic oxidation sites excluding steroid dienone is 3. The first-order chi connectivity index (χ1) is 30.2. The van der Waals surface area contributed by atoms with Crippen molar-refractivity contribution < 1.29 is 0 Å². The summed E-state index contributed by atoms with van der Waals surface area (Å²) in [5, 5.41) is 7.19. The molecule has 0 spiro atoms. The van der Waals surface area contributed by atoms with Crippen LogP contribution in [0.3, 0.4) is 0 Å². The molecule has 0 atom stereocenters. The highest BCUT2D eigenvalue weighted by Gasteiger charge is 2.20. The molecule has 0 aliphatic heterocycles. The van der Waals surface area contributed by atoms with E-state index < -0.39 is 0 Å². The lowest BCUT2D eigenvalue weighted by Crippen LogP contribution is -2.18. The van der Waals surface area contributed by atoms with Crippen molar-refractivity contribution in [2.24, 2.45) is 0 Å². The minimum Gasteiger partial charge on any atom is -0.313 e. The fourth-order valence-electron chi connectivity index (χ4n) is 8.69. The molecule has 10 aromatic carbocycles. The molecule has 0 saturated heterocycles. The standard InChI is InChI=1S/C59H44N2/c1-2-17-52(60(58-32-15-24-46-22-9-11-30-56(46)58)53-28-13-26-48(40-53)44-18-5-3-6-19-44)39-43-34-35-51-42-55(37-36-50(51)38-43)61(59-33-16-25-47-23-10-12-31-57(47)59)54-29-14-27-49(41-54)45-20-7-4-8-21-45/h2-38,40-42H,1,39H2/b52-17+. The van der Waals surface area contributed by atoms with Gasteiger partial charge in [-0.05, 0) is 104 Å². The van der Waals surface area contributed by atoms with E-state index in [4.69, 9.17) is 0 Å². The minimum absolute atomic E-state index is 0.705. The third kappa shape index (κ3) is 7.60. The normalized spacial score (nSPS) is 11.5. The number of rotatable bonds is 11. The van der Waals surface area contributed by atoms with Crippen LogP contribution in [0.5, 0.6) is 0 Å². The van der Waals surface area contributed by atoms with Gasteiger partial charge in [0, 0.05) is 40.0 Å². The Bertz CT molecular complexity index is 3190. The molecule has 0 aliphatic rings.